The summed E-state index contributed by atoms with van der Waals surface area (Å²) < 4.78 is 109. The molecule has 16 heteroatoms. The van der Waals surface area contributed by atoms with E-state index in [1.807, 2.05) is 0 Å². The van der Waals surface area contributed by atoms with E-state index in [1.54, 1.807) is 0 Å². The van der Waals surface area contributed by atoms with Gasteiger partial charge in [-0.05, 0) is 18.6 Å². The van der Waals surface area contributed by atoms with Gasteiger partial charge in [-0.3, -0.25) is 13.7 Å². The van der Waals surface area contributed by atoms with Gasteiger partial charge in [0, 0.05) is 127 Å². The van der Waals surface area contributed by atoms with Gasteiger partial charge in [-0.1, -0.05) is 95.8 Å². The van der Waals surface area contributed by atoms with Gasteiger partial charge in [0.2, 0.25) is 0 Å². The Labute approximate surface area is 338 Å². The number of hydrogen-bond donors (Lipinski definition) is 3. The third kappa shape index (κ3) is 11.0. The molecule has 0 aliphatic rings. The van der Waals surface area contributed by atoms with Gasteiger partial charge in [0.1, 0.15) is 20.4 Å². The van der Waals surface area contributed by atoms with Crippen LogP contribution in [0.1, 0.15) is 84.0 Å². The second-order valence-corrected chi connectivity index (χ2v) is 15.1. The molecule has 0 heterocycles. The summed E-state index contributed by atoms with van der Waals surface area (Å²) in [5, 5.41) is 0.212. The predicted molar refractivity (Wildman–Crippen MR) is 183 cm³/mol. The van der Waals surface area contributed by atoms with Gasteiger partial charge >= 0.3 is 0 Å². The summed E-state index contributed by atoms with van der Waals surface area (Å²) in [6, 6.07) is 7.15. The molecule has 0 amide bonds. The van der Waals surface area contributed by atoms with Crippen LogP contribution in [0.5, 0.6) is 5.75 Å². The first-order chi connectivity index (χ1) is 20.2. The van der Waals surface area contributed by atoms with Crippen molar-refractivity contribution in [2.75, 3.05) is 6.61 Å². The molecule has 4 aromatic rings. The van der Waals surface area contributed by atoms with E-state index in [0.29, 0.717) is 17.9 Å². The van der Waals surface area contributed by atoms with Crippen LogP contribution in [0.3, 0.4) is 0 Å². The van der Waals surface area contributed by atoms with E-state index >= 15 is 0 Å². The standard InChI is InChI=1S/C30H38O10S3.3Na/c1-2-3-4-5-6-7-8-9-10-11-12-13-18-40-25-19-26(41(31,32)33)22-16-17-24-28(43(37,38)39)20-27(42(34,35)36)23-15-14-21(25)29(22)30(23)24;;;/h14-17,19-20H,2-13,18H2,1H3,(H,31,32,33)(H,34,35,36)(H,37,38,39);;;. The quantitative estimate of drug-likeness (QED) is 0.0489. The smallest absolute Gasteiger partial charge is 0.295 e. The largest absolute Gasteiger partial charge is 0.493 e. The summed E-state index contributed by atoms with van der Waals surface area (Å²) in [7, 11) is -14.7. The Morgan fingerprint density at radius 2 is 0.826 bits per heavy atom. The minimum absolute atomic E-state index is 0. The molecule has 0 aliphatic carbocycles. The van der Waals surface area contributed by atoms with Crippen molar-refractivity contribution in [2.24, 2.45) is 0 Å². The van der Waals surface area contributed by atoms with Crippen LogP contribution in [-0.2, 0) is 30.4 Å². The van der Waals surface area contributed by atoms with E-state index in [9.17, 15) is 38.9 Å². The summed E-state index contributed by atoms with van der Waals surface area (Å²) in [5.74, 6) is 0.100. The molecule has 0 atom stereocenters. The number of rotatable bonds is 17. The van der Waals surface area contributed by atoms with Crippen molar-refractivity contribution < 1.29 is 43.6 Å². The Morgan fingerprint density at radius 3 is 1.22 bits per heavy atom. The maximum absolute atomic E-state index is 12.4. The van der Waals surface area contributed by atoms with Crippen molar-refractivity contribution in [3.8, 4) is 5.75 Å². The maximum Gasteiger partial charge on any atom is 0.295 e. The van der Waals surface area contributed by atoms with Gasteiger partial charge in [0.05, 0.1) is 6.61 Å². The Bertz CT molecular complexity index is 1880. The van der Waals surface area contributed by atoms with Crippen LogP contribution in [0, 0.1) is 0 Å². The molecule has 0 unspecified atom stereocenters. The van der Waals surface area contributed by atoms with Gasteiger partial charge in [0.25, 0.3) is 30.4 Å². The fraction of sp³-hybridized carbons (Fsp3) is 0.467. The molecule has 0 aliphatic heterocycles. The van der Waals surface area contributed by atoms with Crippen molar-refractivity contribution in [3.05, 3.63) is 36.4 Å². The van der Waals surface area contributed by atoms with Crippen LogP contribution >= 0.6 is 0 Å². The van der Waals surface area contributed by atoms with E-state index in [2.05, 4.69) is 6.92 Å². The number of benzene rings is 4. The Morgan fingerprint density at radius 1 is 0.500 bits per heavy atom. The van der Waals surface area contributed by atoms with Crippen LogP contribution in [-0.4, -0.2) is 134 Å². The first-order valence-electron chi connectivity index (χ1n) is 14.6. The average Bonchev–Trinajstić information content (AvgIpc) is 2.92. The first-order valence-corrected chi connectivity index (χ1v) is 18.9. The van der Waals surface area contributed by atoms with E-state index in [0.717, 1.165) is 19.3 Å². The zero-order chi connectivity index (χ0) is 31.4. The number of hydrogen-bond acceptors (Lipinski definition) is 7. The van der Waals surface area contributed by atoms with Crippen molar-refractivity contribution in [3.63, 3.8) is 0 Å². The van der Waals surface area contributed by atoms with Crippen LogP contribution in [0.4, 0.5) is 0 Å². The Kier molecular flexibility index (Phi) is 18.5. The topological polar surface area (TPSA) is 172 Å². The minimum atomic E-state index is -4.97. The zero-order valence-electron chi connectivity index (χ0n) is 27.1. The molecular formula is C30H38Na3O10S3. The van der Waals surface area contributed by atoms with E-state index < -0.39 is 45.0 Å². The first kappa shape index (κ1) is 44.5. The van der Waals surface area contributed by atoms with Crippen LogP contribution in [0.25, 0.3) is 32.3 Å². The fourth-order valence-electron chi connectivity index (χ4n) is 5.75. The van der Waals surface area contributed by atoms with Crippen molar-refractivity contribution >= 4 is 151 Å². The number of unbranched alkanes of at least 4 members (excludes halogenated alkanes) is 11. The Hall–Kier alpha value is 0.450. The van der Waals surface area contributed by atoms with Gasteiger partial charge in [-0.2, -0.15) is 25.3 Å². The molecule has 239 valence electrons. The summed E-state index contributed by atoms with van der Waals surface area (Å²) in [6.45, 7) is 2.46. The second kappa shape index (κ2) is 19.2. The van der Waals surface area contributed by atoms with Gasteiger partial charge in [0.15, 0.2) is 0 Å². The molecule has 3 radical (unpaired) electrons. The molecule has 4 aromatic carbocycles. The molecule has 0 aromatic heterocycles. The third-order valence-corrected chi connectivity index (χ3v) is 10.5. The monoisotopic (exact) mass is 723 g/mol. The van der Waals surface area contributed by atoms with Crippen molar-refractivity contribution in [1.29, 1.82) is 0 Å². The zero-order valence-corrected chi connectivity index (χ0v) is 35.5. The van der Waals surface area contributed by atoms with E-state index in [-0.39, 0.29) is 128 Å². The summed E-state index contributed by atoms with van der Waals surface area (Å²) in [6.07, 6.45) is 13.9. The normalized spacial score (nSPS) is 12.2. The maximum atomic E-state index is 12.4. The van der Waals surface area contributed by atoms with Crippen LogP contribution in [0.2, 0.25) is 0 Å². The molecule has 0 spiro atoms. The molecule has 0 saturated carbocycles. The third-order valence-electron chi connectivity index (χ3n) is 7.84. The minimum Gasteiger partial charge on any atom is -0.493 e. The van der Waals surface area contributed by atoms with E-state index in [4.69, 9.17) is 4.74 Å². The van der Waals surface area contributed by atoms with Crippen molar-refractivity contribution in [2.45, 2.75) is 98.7 Å². The van der Waals surface area contributed by atoms with Gasteiger partial charge < -0.3 is 4.74 Å². The number of ether oxygens (including phenoxy) is 1. The predicted octanol–water partition coefficient (Wildman–Crippen LogP) is 6.26. The SMILES string of the molecule is CCCCCCCCCCCCCCOc1cc(S(=O)(=O)O)c2ccc3c(S(=O)(=O)O)cc(S(=O)(=O)O)c4ccc1c2c43.[Na].[Na].[Na]. The Balaban J connectivity index is 0.00000353. The molecule has 10 nitrogen and oxygen atoms in total. The molecule has 0 saturated heterocycles. The summed E-state index contributed by atoms with van der Waals surface area (Å²) in [5.41, 5.74) is 0. The molecule has 0 bridgehead atoms. The van der Waals surface area contributed by atoms with Gasteiger partial charge in [-0.25, -0.2) is 0 Å². The van der Waals surface area contributed by atoms with E-state index in [1.165, 1.54) is 81.7 Å². The van der Waals surface area contributed by atoms with Gasteiger partial charge in [-0.15, -0.1) is 0 Å². The molecule has 0 fully saturated rings. The molecule has 3 N–H and O–H groups in total. The average molecular weight is 724 g/mol. The van der Waals surface area contributed by atoms with Crippen molar-refractivity contribution in [1.82, 2.24) is 0 Å². The second-order valence-electron chi connectivity index (χ2n) is 11.0. The summed E-state index contributed by atoms with van der Waals surface area (Å²) in [4.78, 5) is -2.07. The summed E-state index contributed by atoms with van der Waals surface area (Å²) >= 11 is 0. The fourth-order valence-corrected chi connectivity index (χ4v) is 7.96. The van der Waals surface area contributed by atoms with Crippen LogP contribution in [0.15, 0.2) is 51.1 Å². The molecule has 46 heavy (non-hydrogen) atoms. The molecular weight excluding hydrogens is 685 g/mol. The molecule has 4 rings (SSSR count). The van der Waals surface area contributed by atoms with Crippen LogP contribution < -0.4 is 4.74 Å².